The Kier molecular flexibility index (Phi) is 7.23. The van der Waals surface area contributed by atoms with E-state index < -0.39 is 33.7 Å². The molecule has 1 N–H and O–H groups in total. The third-order valence-corrected chi connectivity index (χ3v) is 6.80. The van der Waals surface area contributed by atoms with Crippen molar-refractivity contribution in [2.45, 2.75) is 56.6 Å². The Morgan fingerprint density at radius 3 is 2.58 bits per heavy atom. The van der Waals surface area contributed by atoms with Crippen LogP contribution in [0.2, 0.25) is 5.02 Å². The summed E-state index contributed by atoms with van der Waals surface area (Å²) in [5, 5.41) is 9.30. The van der Waals surface area contributed by atoms with Gasteiger partial charge in [-0.2, -0.15) is 0 Å². The number of hydrogen-bond acceptors (Lipinski definition) is 6. The summed E-state index contributed by atoms with van der Waals surface area (Å²) in [6.07, 6.45) is -0.727. The van der Waals surface area contributed by atoms with E-state index in [9.17, 15) is 18.0 Å². The van der Waals surface area contributed by atoms with E-state index in [4.69, 9.17) is 26.2 Å². The molecule has 1 heterocycles. The van der Waals surface area contributed by atoms with Crippen LogP contribution >= 0.6 is 11.6 Å². The van der Waals surface area contributed by atoms with Gasteiger partial charge in [-0.1, -0.05) is 23.7 Å². The van der Waals surface area contributed by atoms with E-state index in [2.05, 4.69) is 0 Å². The molecule has 33 heavy (non-hydrogen) atoms. The van der Waals surface area contributed by atoms with E-state index in [1.165, 1.54) is 22.5 Å². The lowest BCUT2D eigenvalue weighted by Crippen LogP contribution is -2.43. The Balaban J connectivity index is 1.99. The highest BCUT2D eigenvalue weighted by molar-refractivity contribution is 7.92. The molecule has 0 fully saturated rings. The van der Waals surface area contributed by atoms with Crippen molar-refractivity contribution in [3.05, 3.63) is 53.1 Å². The lowest BCUT2D eigenvalue weighted by atomic mass is 10.1. The monoisotopic (exact) mass is 495 g/mol. The Morgan fingerprint density at radius 1 is 1.21 bits per heavy atom. The zero-order chi connectivity index (χ0) is 24.4. The number of rotatable bonds is 7. The predicted octanol–water partition coefficient (Wildman–Crippen LogP) is 4.05. The van der Waals surface area contributed by atoms with Gasteiger partial charge in [-0.3, -0.25) is 13.9 Å². The van der Waals surface area contributed by atoms with Crippen molar-refractivity contribution in [3.63, 3.8) is 0 Å². The van der Waals surface area contributed by atoms with Crippen molar-refractivity contribution in [2.24, 2.45) is 0 Å². The minimum Gasteiger partial charge on any atom is -0.486 e. The summed E-state index contributed by atoms with van der Waals surface area (Å²) in [7, 11) is -4.04. The van der Waals surface area contributed by atoms with Gasteiger partial charge in [0.1, 0.15) is 17.5 Å². The minimum atomic E-state index is -4.04. The number of sulfonamides is 1. The Morgan fingerprint density at radius 2 is 1.94 bits per heavy atom. The fourth-order valence-corrected chi connectivity index (χ4v) is 5.23. The number of halogens is 1. The fourth-order valence-electron chi connectivity index (χ4n) is 3.43. The molecule has 2 aromatic rings. The highest BCUT2D eigenvalue weighted by Gasteiger charge is 2.35. The quantitative estimate of drug-likeness (QED) is 0.577. The Bertz CT molecular complexity index is 1160. The summed E-state index contributed by atoms with van der Waals surface area (Å²) in [5.74, 6) is -1.15. The zero-order valence-corrected chi connectivity index (χ0v) is 20.1. The van der Waals surface area contributed by atoms with Gasteiger partial charge in [-0.05, 0) is 63.1 Å². The average Bonchev–Trinajstić information content (AvgIpc) is 2.70. The van der Waals surface area contributed by atoms with E-state index in [0.717, 1.165) is 0 Å². The molecule has 0 bridgehead atoms. The molecule has 3 rings (SSSR count). The molecular weight excluding hydrogens is 470 g/mol. The van der Waals surface area contributed by atoms with Gasteiger partial charge in [0.25, 0.3) is 10.0 Å². The lowest BCUT2D eigenvalue weighted by Gasteiger charge is -2.35. The van der Waals surface area contributed by atoms with Crippen LogP contribution in [0.5, 0.6) is 5.75 Å². The summed E-state index contributed by atoms with van der Waals surface area (Å²) < 4.78 is 39.5. The number of benzene rings is 2. The average molecular weight is 496 g/mol. The maximum absolute atomic E-state index is 13.5. The first-order chi connectivity index (χ1) is 15.3. The van der Waals surface area contributed by atoms with Crippen molar-refractivity contribution >= 4 is 39.3 Å². The molecule has 1 aliphatic heterocycles. The molecule has 8 nitrogen and oxygen atoms in total. The molecule has 0 aromatic heterocycles. The first kappa shape index (κ1) is 24.9. The van der Waals surface area contributed by atoms with Crippen LogP contribution in [-0.2, 0) is 30.8 Å². The minimum absolute atomic E-state index is 0.00243. The molecule has 0 radical (unpaired) electrons. The molecule has 0 saturated heterocycles. The normalized spacial score (nSPS) is 16.0. The number of carbonyl (C=O) groups excluding carboxylic acids is 1. The van der Waals surface area contributed by atoms with E-state index in [1.807, 2.05) is 0 Å². The van der Waals surface area contributed by atoms with Crippen molar-refractivity contribution in [2.75, 3.05) is 10.8 Å². The van der Waals surface area contributed by atoms with Crippen LogP contribution in [0.1, 0.15) is 39.2 Å². The molecule has 1 atom stereocenters. The van der Waals surface area contributed by atoms with Gasteiger partial charge in [0.2, 0.25) is 0 Å². The molecule has 0 spiro atoms. The summed E-state index contributed by atoms with van der Waals surface area (Å²) in [5.41, 5.74) is 0.178. The van der Waals surface area contributed by atoms with E-state index in [1.54, 1.807) is 45.0 Å². The van der Waals surface area contributed by atoms with E-state index in [0.29, 0.717) is 5.56 Å². The highest BCUT2D eigenvalue weighted by Crippen LogP contribution is 2.39. The number of carbonyl (C=O) groups is 2. The van der Waals surface area contributed by atoms with E-state index >= 15 is 0 Å². The van der Waals surface area contributed by atoms with Gasteiger partial charge in [-0.25, -0.2) is 8.42 Å². The number of anilines is 1. The smallest absolute Gasteiger partial charge is 0.310 e. The first-order valence-corrected chi connectivity index (χ1v) is 12.2. The van der Waals surface area contributed by atoms with Crippen LogP contribution < -0.4 is 9.04 Å². The predicted molar refractivity (Wildman–Crippen MR) is 123 cm³/mol. The molecule has 178 valence electrons. The van der Waals surface area contributed by atoms with Gasteiger partial charge in [0.15, 0.2) is 0 Å². The molecular formula is C23H26ClNO7S. The van der Waals surface area contributed by atoms with Crippen molar-refractivity contribution in [3.8, 4) is 5.75 Å². The summed E-state index contributed by atoms with van der Waals surface area (Å²) >= 11 is 6.01. The molecule has 10 heteroatoms. The number of carboxylic acid groups (broad SMARTS) is 1. The largest absolute Gasteiger partial charge is 0.486 e. The standard InChI is InChI=1S/C23H26ClNO7S/c1-23(2,3)32-22(28)12-15-7-9-20-19(11-15)25(14-17(31-20)8-10-21(26)27)33(29,30)18-6-4-5-16(24)13-18/h4-7,9,11,13,17H,8,10,12,14H2,1-3H3,(H,26,27)/t17-/m0/s1. The number of fused-ring (bicyclic) bond motifs is 1. The number of nitrogens with zero attached hydrogens (tertiary/aromatic N) is 1. The SMILES string of the molecule is CC(C)(C)OC(=O)Cc1ccc2c(c1)N(S(=O)(=O)c1cccc(Cl)c1)C[C@H](CCC(=O)O)O2. The van der Waals surface area contributed by atoms with Crippen LogP contribution in [-0.4, -0.2) is 43.7 Å². The number of esters is 1. The van der Waals surface area contributed by atoms with Crippen LogP contribution in [0, 0.1) is 0 Å². The molecule has 2 aromatic carbocycles. The van der Waals surface area contributed by atoms with Gasteiger partial charge in [0.05, 0.1) is 23.5 Å². The molecule has 0 unspecified atom stereocenters. The second-order valence-corrected chi connectivity index (χ2v) is 11.0. The fraction of sp³-hybridized carbons (Fsp3) is 0.391. The molecule has 0 saturated carbocycles. The molecule has 0 amide bonds. The first-order valence-electron chi connectivity index (χ1n) is 10.4. The summed E-state index contributed by atoms with van der Waals surface area (Å²) in [6.45, 7) is 5.22. The molecule has 0 aliphatic carbocycles. The van der Waals surface area contributed by atoms with Gasteiger partial charge in [-0.15, -0.1) is 0 Å². The number of carboxylic acids is 1. The van der Waals surface area contributed by atoms with Crippen LogP contribution in [0.3, 0.4) is 0 Å². The van der Waals surface area contributed by atoms with Crippen LogP contribution in [0.4, 0.5) is 5.69 Å². The number of ether oxygens (including phenoxy) is 2. The second kappa shape index (κ2) is 9.61. The van der Waals surface area contributed by atoms with Gasteiger partial charge >= 0.3 is 11.9 Å². The Hall–Kier alpha value is -2.78. The number of hydrogen-bond donors (Lipinski definition) is 1. The summed E-state index contributed by atoms with van der Waals surface area (Å²) in [6, 6.07) is 10.7. The second-order valence-electron chi connectivity index (χ2n) is 8.73. The van der Waals surface area contributed by atoms with Crippen molar-refractivity contribution < 1.29 is 32.6 Å². The summed E-state index contributed by atoms with van der Waals surface area (Å²) in [4.78, 5) is 23.3. The van der Waals surface area contributed by atoms with Crippen molar-refractivity contribution in [1.82, 2.24) is 0 Å². The third-order valence-electron chi connectivity index (χ3n) is 4.79. The lowest BCUT2D eigenvalue weighted by molar-refractivity contribution is -0.154. The van der Waals surface area contributed by atoms with Crippen molar-refractivity contribution in [1.29, 1.82) is 0 Å². The maximum Gasteiger partial charge on any atom is 0.310 e. The highest BCUT2D eigenvalue weighted by atomic mass is 35.5. The maximum atomic E-state index is 13.5. The van der Waals surface area contributed by atoms with Crippen LogP contribution in [0.25, 0.3) is 0 Å². The number of aliphatic carboxylic acids is 1. The van der Waals surface area contributed by atoms with Gasteiger partial charge in [0, 0.05) is 11.4 Å². The Labute approximate surface area is 198 Å². The van der Waals surface area contributed by atoms with Gasteiger partial charge < -0.3 is 14.6 Å². The van der Waals surface area contributed by atoms with E-state index in [-0.39, 0.29) is 47.2 Å². The topological polar surface area (TPSA) is 110 Å². The zero-order valence-electron chi connectivity index (χ0n) is 18.6. The third kappa shape index (κ3) is 6.39. The molecule has 1 aliphatic rings. The van der Waals surface area contributed by atoms with Crippen LogP contribution in [0.15, 0.2) is 47.4 Å².